The Bertz CT molecular complexity index is 421. The Morgan fingerprint density at radius 1 is 1.06 bits per heavy atom. The normalized spacial score (nSPS) is 12.9. The minimum Gasteiger partial charge on any atom is -0.325 e. The average molecular weight is 247 g/mol. The van der Waals surface area contributed by atoms with Crippen LogP contribution in [0.4, 0.5) is 0 Å². The molecule has 0 unspecified atom stereocenters. The highest BCUT2D eigenvalue weighted by Crippen LogP contribution is 2.32. The van der Waals surface area contributed by atoms with E-state index in [4.69, 9.17) is 5.73 Å². The lowest BCUT2D eigenvalue weighted by Crippen LogP contribution is -2.51. The van der Waals surface area contributed by atoms with Gasteiger partial charge in [-0.3, -0.25) is 4.79 Å². The number of ketones is 1. The van der Waals surface area contributed by atoms with Crippen molar-refractivity contribution < 1.29 is 4.79 Å². The number of hydrogen-bond donors (Lipinski definition) is 1. The maximum Gasteiger partial charge on any atom is 0.170 e. The maximum atomic E-state index is 12.5. The summed E-state index contributed by atoms with van der Waals surface area (Å²) in [4.78, 5) is 12.5. The summed E-state index contributed by atoms with van der Waals surface area (Å²) >= 11 is 0. The molecule has 100 valence electrons. The molecule has 0 aliphatic rings. The Kier molecular flexibility index (Phi) is 4.02. The van der Waals surface area contributed by atoms with Crippen molar-refractivity contribution in [3.05, 3.63) is 35.4 Å². The zero-order chi connectivity index (χ0) is 14.1. The van der Waals surface area contributed by atoms with Crippen molar-refractivity contribution in [3.8, 4) is 0 Å². The third-order valence-corrected chi connectivity index (χ3v) is 4.02. The minimum absolute atomic E-state index is 0.102. The van der Waals surface area contributed by atoms with E-state index in [2.05, 4.69) is 13.8 Å². The summed E-state index contributed by atoms with van der Waals surface area (Å²) in [6.07, 6.45) is 0. The van der Waals surface area contributed by atoms with E-state index >= 15 is 0 Å². The molecule has 2 N–H and O–H groups in total. The molecule has 0 heterocycles. The Morgan fingerprint density at radius 2 is 1.50 bits per heavy atom. The predicted molar refractivity (Wildman–Crippen MR) is 76.9 cm³/mol. The van der Waals surface area contributed by atoms with E-state index in [9.17, 15) is 4.79 Å². The van der Waals surface area contributed by atoms with Crippen LogP contribution >= 0.6 is 0 Å². The molecule has 1 aromatic rings. The van der Waals surface area contributed by atoms with Gasteiger partial charge in [0.05, 0.1) is 0 Å². The van der Waals surface area contributed by atoms with Gasteiger partial charge in [0, 0.05) is 16.5 Å². The van der Waals surface area contributed by atoms with Crippen LogP contribution in [0.25, 0.3) is 0 Å². The van der Waals surface area contributed by atoms with Crippen LogP contribution in [0.3, 0.4) is 0 Å². The van der Waals surface area contributed by atoms with Crippen LogP contribution in [0.2, 0.25) is 0 Å². The first-order valence-electron chi connectivity index (χ1n) is 6.51. The first-order chi connectivity index (χ1) is 8.07. The molecule has 2 heteroatoms. The van der Waals surface area contributed by atoms with Gasteiger partial charge in [-0.2, -0.15) is 0 Å². The Labute approximate surface area is 111 Å². The lowest BCUT2D eigenvalue weighted by atomic mass is 9.70. The van der Waals surface area contributed by atoms with Crippen LogP contribution in [-0.4, -0.2) is 11.3 Å². The van der Waals surface area contributed by atoms with Crippen molar-refractivity contribution in [1.29, 1.82) is 0 Å². The molecule has 1 rings (SSSR count). The smallest absolute Gasteiger partial charge is 0.170 e. The Balaban J connectivity index is 3.05. The van der Waals surface area contributed by atoms with Gasteiger partial charge in [0.1, 0.15) is 0 Å². The van der Waals surface area contributed by atoms with Crippen LogP contribution in [0.15, 0.2) is 24.3 Å². The van der Waals surface area contributed by atoms with E-state index < -0.39 is 11.0 Å². The van der Waals surface area contributed by atoms with Crippen LogP contribution < -0.4 is 5.73 Å². The van der Waals surface area contributed by atoms with Crippen LogP contribution in [0.5, 0.6) is 0 Å². The molecule has 0 spiro atoms. The SMILES string of the molecule is CC(C)c1ccc(C(=O)C(C)(C)C(C)(C)N)cc1. The van der Waals surface area contributed by atoms with Crippen LogP contribution in [-0.2, 0) is 0 Å². The summed E-state index contributed by atoms with van der Waals surface area (Å²) in [5.74, 6) is 0.582. The highest BCUT2D eigenvalue weighted by molar-refractivity contribution is 6.01. The molecular weight excluding hydrogens is 222 g/mol. The number of carbonyl (C=O) groups is 1. The van der Waals surface area contributed by atoms with Gasteiger partial charge in [0.2, 0.25) is 0 Å². The first-order valence-corrected chi connectivity index (χ1v) is 6.51. The van der Waals surface area contributed by atoms with E-state index in [1.807, 2.05) is 52.0 Å². The molecule has 1 aromatic carbocycles. The standard InChI is InChI=1S/C16H25NO/c1-11(2)12-7-9-13(10-8-12)14(18)15(3,4)16(5,6)17/h7-11H,17H2,1-6H3. The molecule has 0 radical (unpaired) electrons. The summed E-state index contributed by atoms with van der Waals surface area (Å²) in [5, 5.41) is 0. The van der Waals surface area contributed by atoms with Gasteiger partial charge in [0.15, 0.2) is 5.78 Å². The van der Waals surface area contributed by atoms with E-state index in [0.717, 1.165) is 5.56 Å². The van der Waals surface area contributed by atoms with Crippen molar-refractivity contribution in [2.24, 2.45) is 11.1 Å². The second-order valence-corrected chi connectivity index (χ2v) is 6.45. The van der Waals surface area contributed by atoms with Gasteiger partial charge in [-0.05, 0) is 25.3 Å². The minimum atomic E-state index is -0.577. The van der Waals surface area contributed by atoms with E-state index in [1.165, 1.54) is 5.56 Å². The molecule has 0 aromatic heterocycles. The van der Waals surface area contributed by atoms with E-state index in [0.29, 0.717) is 5.92 Å². The fourth-order valence-electron chi connectivity index (χ4n) is 1.67. The second kappa shape index (κ2) is 4.85. The van der Waals surface area contributed by atoms with Gasteiger partial charge >= 0.3 is 0 Å². The fourth-order valence-corrected chi connectivity index (χ4v) is 1.67. The summed E-state index contributed by atoms with van der Waals surface area (Å²) in [6.45, 7) is 11.9. The van der Waals surface area contributed by atoms with Crippen molar-refractivity contribution in [2.75, 3.05) is 0 Å². The van der Waals surface area contributed by atoms with E-state index in [-0.39, 0.29) is 5.78 Å². The number of Topliss-reactive ketones (excluding diaryl/α,β-unsaturated/α-hetero) is 1. The average Bonchev–Trinajstić information content (AvgIpc) is 2.26. The number of hydrogen-bond acceptors (Lipinski definition) is 2. The highest BCUT2D eigenvalue weighted by Gasteiger charge is 2.40. The molecule has 0 amide bonds. The third kappa shape index (κ3) is 2.81. The third-order valence-electron chi connectivity index (χ3n) is 4.02. The van der Waals surface area contributed by atoms with Crippen LogP contribution in [0.1, 0.15) is 63.4 Å². The zero-order valence-electron chi connectivity index (χ0n) is 12.4. The number of nitrogens with two attached hydrogens (primary N) is 1. The second-order valence-electron chi connectivity index (χ2n) is 6.45. The molecule has 0 fully saturated rings. The van der Waals surface area contributed by atoms with Gasteiger partial charge in [0.25, 0.3) is 0 Å². The van der Waals surface area contributed by atoms with Crippen molar-refractivity contribution >= 4 is 5.78 Å². The summed E-state index contributed by atoms with van der Waals surface area (Å²) in [6, 6.07) is 7.87. The fraction of sp³-hybridized carbons (Fsp3) is 0.562. The molecule has 0 aliphatic carbocycles. The lowest BCUT2D eigenvalue weighted by Gasteiger charge is -2.37. The molecular formula is C16H25NO. The topological polar surface area (TPSA) is 43.1 Å². The van der Waals surface area contributed by atoms with Crippen molar-refractivity contribution in [1.82, 2.24) is 0 Å². The molecule has 0 aliphatic heterocycles. The number of rotatable bonds is 4. The quantitative estimate of drug-likeness (QED) is 0.823. The van der Waals surface area contributed by atoms with Gasteiger partial charge in [-0.1, -0.05) is 52.0 Å². The summed E-state index contributed by atoms with van der Waals surface area (Å²) in [7, 11) is 0. The predicted octanol–water partition coefficient (Wildman–Crippen LogP) is 3.76. The lowest BCUT2D eigenvalue weighted by molar-refractivity contribution is 0.0735. The molecule has 18 heavy (non-hydrogen) atoms. The monoisotopic (exact) mass is 247 g/mol. The van der Waals surface area contributed by atoms with Crippen molar-refractivity contribution in [2.45, 2.75) is 53.0 Å². The van der Waals surface area contributed by atoms with E-state index in [1.54, 1.807) is 0 Å². The molecule has 2 nitrogen and oxygen atoms in total. The summed E-state index contributed by atoms with van der Waals surface area (Å²) < 4.78 is 0. The van der Waals surface area contributed by atoms with Gasteiger partial charge in [-0.25, -0.2) is 0 Å². The molecule has 0 atom stereocenters. The number of carbonyl (C=O) groups excluding carboxylic acids is 1. The van der Waals surface area contributed by atoms with Crippen LogP contribution in [0, 0.1) is 5.41 Å². The highest BCUT2D eigenvalue weighted by atomic mass is 16.1. The van der Waals surface area contributed by atoms with Gasteiger partial charge in [-0.15, -0.1) is 0 Å². The molecule has 0 saturated carbocycles. The summed E-state index contributed by atoms with van der Waals surface area (Å²) in [5.41, 5.74) is 6.98. The maximum absolute atomic E-state index is 12.5. The molecule has 0 bridgehead atoms. The first kappa shape index (κ1) is 14.9. The van der Waals surface area contributed by atoms with Gasteiger partial charge < -0.3 is 5.73 Å². The number of benzene rings is 1. The Morgan fingerprint density at radius 3 is 1.83 bits per heavy atom. The zero-order valence-corrected chi connectivity index (χ0v) is 12.4. The Hall–Kier alpha value is -1.15. The van der Waals surface area contributed by atoms with Crippen molar-refractivity contribution in [3.63, 3.8) is 0 Å². The molecule has 0 saturated heterocycles. The largest absolute Gasteiger partial charge is 0.325 e.